The Labute approximate surface area is 107 Å². The second-order valence-corrected chi connectivity index (χ2v) is 5.18. The van der Waals surface area contributed by atoms with Gasteiger partial charge in [0.05, 0.1) is 0 Å². The molecule has 0 nitrogen and oxygen atoms in total. The molecule has 2 aromatic rings. The Morgan fingerprint density at radius 1 is 0.944 bits per heavy atom. The van der Waals surface area contributed by atoms with Gasteiger partial charge in [-0.15, -0.1) is 0 Å². The molecule has 0 saturated heterocycles. The molecule has 1 saturated carbocycles. The van der Waals surface area contributed by atoms with E-state index in [1.54, 1.807) is 12.1 Å². The predicted octanol–water partition coefficient (Wildman–Crippen LogP) is 4.56. The highest BCUT2D eigenvalue weighted by atomic mass is 19.1. The second kappa shape index (κ2) is 4.93. The van der Waals surface area contributed by atoms with Gasteiger partial charge < -0.3 is 0 Å². The minimum absolute atomic E-state index is 0.146. The average molecular weight is 240 g/mol. The lowest BCUT2D eigenvalue weighted by Gasteiger charge is -2.02. The summed E-state index contributed by atoms with van der Waals surface area (Å²) in [5, 5.41) is 0. The molecule has 0 spiro atoms. The molecule has 0 heterocycles. The first-order chi connectivity index (χ1) is 8.83. The predicted molar refractivity (Wildman–Crippen MR) is 72.0 cm³/mol. The van der Waals surface area contributed by atoms with E-state index < -0.39 is 0 Å². The van der Waals surface area contributed by atoms with Crippen molar-refractivity contribution in [2.75, 3.05) is 0 Å². The van der Waals surface area contributed by atoms with Crippen LogP contribution in [0.15, 0.2) is 54.6 Å². The van der Waals surface area contributed by atoms with Crippen LogP contribution < -0.4 is 0 Å². The van der Waals surface area contributed by atoms with E-state index in [1.165, 1.54) is 24.0 Å². The zero-order chi connectivity index (χ0) is 12.4. The highest BCUT2D eigenvalue weighted by Gasteiger charge is 2.37. The lowest BCUT2D eigenvalue weighted by molar-refractivity contribution is 0.625. The van der Waals surface area contributed by atoms with Crippen LogP contribution in [-0.2, 0) is 6.42 Å². The van der Waals surface area contributed by atoms with Crippen LogP contribution in [0.3, 0.4) is 0 Å². The van der Waals surface area contributed by atoms with E-state index in [1.807, 2.05) is 12.1 Å². The van der Waals surface area contributed by atoms with Crippen LogP contribution >= 0.6 is 0 Å². The molecule has 0 N–H and O–H groups in total. The van der Waals surface area contributed by atoms with Crippen molar-refractivity contribution in [2.24, 2.45) is 5.92 Å². The molecule has 0 amide bonds. The van der Waals surface area contributed by atoms with Crippen LogP contribution in [-0.4, -0.2) is 0 Å². The van der Waals surface area contributed by atoms with E-state index in [4.69, 9.17) is 0 Å². The molecule has 3 rings (SSSR count). The normalized spacial score (nSPS) is 21.8. The van der Waals surface area contributed by atoms with E-state index in [0.717, 1.165) is 18.3 Å². The third kappa shape index (κ3) is 2.61. The minimum Gasteiger partial charge on any atom is -0.207 e. The van der Waals surface area contributed by atoms with Crippen molar-refractivity contribution in [3.63, 3.8) is 0 Å². The fourth-order valence-electron chi connectivity index (χ4n) is 2.68. The molecule has 92 valence electrons. The maximum Gasteiger partial charge on any atom is 0.123 e. The minimum atomic E-state index is -0.146. The van der Waals surface area contributed by atoms with Crippen molar-refractivity contribution >= 4 is 0 Å². The maximum absolute atomic E-state index is 12.8. The SMILES string of the molecule is Fc1ccc(CC[C@H]2CC2c2ccccc2)cc1. The molecule has 1 aliphatic rings. The number of hydrogen-bond donors (Lipinski definition) is 0. The summed E-state index contributed by atoms with van der Waals surface area (Å²) in [5.41, 5.74) is 2.72. The number of hydrogen-bond acceptors (Lipinski definition) is 0. The third-order valence-electron chi connectivity index (χ3n) is 3.87. The Balaban J connectivity index is 1.53. The fourth-order valence-corrected chi connectivity index (χ4v) is 2.68. The van der Waals surface area contributed by atoms with Crippen molar-refractivity contribution in [2.45, 2.75) is 25.2 Å². The first-order valence-electron chi connectivity index (χ1n) is 6.62. The molecule has 1 unspecified atom stereocenters. The number of rotatable bonds is 4. The molecule has 1 aliphatic carbocycles. The van der Waals surface area contributed by atoms with Gasteiger partial charge in [0.2, 0.25) is 0 Å². The molecule has 2 atom stereocenters. The molecular weight excluding hydrogens is 223 g/mol. The van der Waals surface area contributed by atoms with Gasteiger partial charge in [-0.05, 0) is 54.4 Å². The van der Waals surface area contributed by atoms with Gasteiger partial charge in [-0.2, -0.15) is 0 Å². The number of benzene rings is 2. The van der Waals surface area contributed by atoms with Gasteiger partial charge in [-0.25, -0.2) is 4.39 Å². The molecule has 1 heteroatoms. The Morgan fingerprint density at radius 2 is 1.67 bits per heavy atom. The van der Waals surface area contributed by atoms with Crippen molar-refractivity contribution in [3.8, 4) is 0 Å². The van der Waals surface area contributed by atoms with Crippen LogP contribution in [0.1, 0.15) is 29.9 Å². The van der Waals surface area contributed by atoms with Gasteiger partial charge in [0, 0.05) is 0 Å². The number of halogens is 1. The summed E-state index contributed by atoms with van der Waals surface area (Å²) >= 11 is 0. The van der Waals surface area contributed by atoms with Crippen molar-refractivity contribution in [1.82, 2.24) is 0 Å². The molecule has 0 bridgehead atoms. The van der Waals surface area contributed by atoms with E-state index in [2.05, 4.69) is 30.3 Å². The summed E-state index contributed by atoms with van der Waals surface area (Å²) in [6, 6.07) is 17.7. The van der Waals surface area contributed by atoms with Gasteiger partial charge in [-0.1, -0.05) is 42.5 Å². The van der Waals surface area contributed by atoms with Crippen LogP contribution in [0.5, 0.6) is 0 Å². The van der Waals surface area contributed by atoms with Gasteiger partial charge in [0.1, 0.15) is 5.82 Å². The lowest BCUT2D eigenvalue weighted by atomic mass is 10.0. The Kier molecular flexibility index (Phi) is 3.14. The van der Waals surface area contributed by atoms with Crippen molar-refractivity contribution in [1.29, 1.82) is 0 Å². The molecule has 0 aromatic heterocycles. The Bertz CT molecular complexity index is 501. The highest BCUT2D eigenvalue weighted by Crippen LogP contribution is 2.49. The van der Waals surface area contributed by atoms with E-state index in [-0.39, 0.29) is 5.82 Å². The summed E-state index contributed by atoms with van der Waals surface area (Å²) in [6.45, 7) is 0. The van der Waals surface area contributed by atoms with E-state index >= 15 is 0 Å². The summed E-state index contributed by atoms with van der Waals surface area (Å²) in [4.78, 5) is 0. The van der Waals surface area contributed by atoms with Crippen molar-refractivity contribution < 1.29 is 4.39 Å². The van der Waals surface area contributed by atoms with E-state index in [9.17, 15) is 4.39 Å². The second-order valence-electron chi connectivity index (χ2n) is 5.18. The quantitative estimate of drug-likeness (QED) is 0.734. The summed E-state index contributed by atoms with van der Waals surface area (Å²) in [6.07, 6.45) is 3.59. The monoisotopic (exact) mass is 240 g/mol. The topological polar surface area (TPSA) is 0 Å². The first-order valence-corrected chi connectivity index (χ1v) is 6.62. The summed E-state index contributed by atoms with van der Waals surface area (Å²) in [5.74, 6) is 1.43. The fraction of sp³-hybridized carbons (Fsp3) is 0.294. The maximum atomic E-state index is 12.8. The summed E-state index contributed by atoms with van der Waals surface area (Å²) < 4.78 is 12.8. The smallest absolute Gasteiger partial charge is 0.123 e. The molecular formula is C17H17F. The van der Waals surface area contributed by atoms with Crippen LogP contribution in [0, 0.1) is 11.7 Å². The zero-order valence-corrected chi connectivity index (χ0v) is 10.4. The van der Waals surface area contributed by atoms with Gasteiger partial charge in [0.25, 0.3) is 0 Å². The van der Waals surface area contributed by atoms with Crippen molar-refractivity contribution in [3.05, 3.63) is 71.5 Å². The standard InChI is InChI=1S/C17H17F/c18-16-10-7-13(8-11-16)6-9-15-12-17(15)14-4-2-1-3-5-14/h1-5,7-8,10-11,15,17H,6,9,12H2/t15-,17?/m0/s1. The third-order valence-corrected chi connectivity index (χ3v) is 3.87. The van der Waals surface area contributed by atoms with Crippen LogP contribution in [0.2, 0.25) is 0 Å². The summed E-state index contributed by atoms with van der Waals surface area (Å²) in [7, 11) is 0. The first kappa shape index (κ1) is 11.5. The van der Waals surface area contributed by atoms with Gasteiger partial charge in [-0.3, -0.25) is 0 Å². The van der Waals surface area contributed by atoms with Gasteiger partial charge >= 0.3 is 0 Å². The molecule has 0 radical (unpaired) electrons. The lowest BCUT2D eigenvalue weighted by Crippen LogP contribution is -1.89. The van der Waals surface area contributed by atoms with Crippen LogP contribution in [0.4, 0.5) is 4.39 Å². The molecule has 2 aromatic carbocycles. The largest absolute Gasteiger partial charge is 0.207 e. The molecule has 18 heavy (non-hydrogen) atoms. The Morgan fingerprint density at radius 3 is 2.39 bits per heavy atom. The Hall–Kier alpha value is -1.63. The van der Waals surface area contributed by atoms with Crippen LogP contribution in [0.25, 0.3) is 0 Å². The zero-order valence-electron chi connectivity index (χ0n) is 10.4. The van der Waals surface area contributed by atoms with Gasteiger partial charge in [0.15, 0.2) is 0 Å². The molecule has 1 fully saturated rings. The van der Waals surface area contributed by atoms with E-state index in [0.29, 0.717) is 0 Å². The highest BCUT2D eigenvalue weighted by molar-refractivity contribution is 5.26. The average Bonchev–Trinajstić information content (AvgIpc) is 3.19. The number of aryl methyl sites for hydroxylation is 1. The molecule has 0 aliphatic heterocycles.